The van der Waals surface area contributed by atoms with Crippen LogP contribution in [0.3, 0.4) is 0 Å². The van der Waals surface area contributed by atoms with E-state index in [0.717, 1.165) is 5.56 Å². The first-order valence-corrected chi connectivity index (χ1v) is 11.8. The summed E-state index contributed by atoms with van der Waals surface area (Å²) in [5, 5.41) is 9.45. The predicted octanol–water partition coefficient (Wildman–Crippen LogP) is 2.59. The molecule has 1 aromatic heterocycles. The number of rotatable bonds is 6. The van der Waals surface area contributed by atoms with Crippen LogP contribution in [-0.4, -0.2) is 59.3 Å². The quantitative estimate of drug-likeness (QED) is 0.546. The zero-order chi connectivity index (χ0) is 24.8. The molecule has 0 bridgehead atoms. The average molecular weight is 495 g/mol. The fourth-order valence-electron chi connectivity index (χ4n) is 4.17. The van der Waals surface area contributed by atoms with Crippen molar-refractivity contribution < 1.29 is 9.59 Å². The molecule has 4 rings (SSSR count). The van der Waals surface area contributed by atoms with E-state index in [1.54, 1.807) is 25.3 Å². The summed E-state index contributed by atoms with van der Waals surface area (Å²) < 4.78 is 1.28. The Hall–Kier alpha value is -3.69. The molecule has 3 amide bonds. The molecule has 3 aromatic rings. The van der Waals surface area contributed by atoms with E-state index in [1.165, 1.54) is 4.68 Å². The Labute approximate surface area is 208 Å². The standard InChI is InChI=1S/C25H27ClN6O3/c1-2-27-25(35)29-23(33)22(18-9-5-3-6-10-18)31-15-13-30(14-16-31)20-17-28-32(24(34)21(20)26)19-11-7-4-8-12-19/h3-12,17,22H,2,13-16H2,1H3,(H2,27,29,33,35). The van der Waals surface area contributed by atoms with Crippen LogP contribution in [0.4, 0.5) is 10.5 Å². The molecule has 9 nitrogen and oxygen atoms in total. The van der Waals surface area contributed by atoms with Crippen LogP contribution < -0.4 is 21.1 Å². The lowest BCUT2D eigenvalue weighted by Crippen LogP contribution is -2.53. The molecule has 2 N–H and O–H groups in total. The normalized spacial score (nSPS) is 14.9. The van der Waals surface area contributed by atoms with Gasteiger partial charge in [0.1, 0.15) is 11.1 Å². The van der Waals surface area contributed by atoms with E-state index in [0.29, 0.717) is 44.1 Å². The van der Waals surface area contributed by atoms with Gasteiger partial charge in [0.2, 0.25) is 5.91 Å². The number of halogens is 1. The number of imide groups is 1. The summed E-state index contributed by atoms with van der Waals surface area (Å²) in [6.45, 7) is 4.34. The molecular weight excluding hydrogens is 468 g/mol. The van der Waals surface area contributed by atoms with E-state index >= 15 is 0 Å². The van der Waals surface area contributed by atoms with E-state index in [-0.39, 0.29) is 16.5 Å². The summed E-state index contributed by atoms with van der Waals surface area (Å²) in [7, 11) is 0. The van der Waals surface area contributed by atoms with E-state index in [1.807, 2.05) is 58.3 Å². The highest BCUT2D eigenvalue weighted by Crippen LogP contribution is 2.27. The molecule has 182 valence electrons. The van der Waals surface area contributed by atoms with Crippen molar-refractivity contribution in [2.45, 2.75) is 13.0 Å². The topological polar surface area (TPSA) is 99.6 Å². The van der Waals surface area contributed by atoms with E-state index < -0.39 is 12.1 Å². The Morgan fingerprint density at radius 2 is 1.63 bits per heavy atom. The van der Waals surface area contributed by atoms with Crippen LogP contribution in [0.5, 0.6) is 0 Å². The van der Waals surface area contributed by atoms with Gasteiger partial charge in [-0.25, -0.2) is 4.79 Å². The van der Waals surface area contributed by atoms with E-state index in [4.69, 9.17) is 11.6 Å². The molecule has 10 heteroatoms. The number of urea groups is 1. The maximum atomic E-state index is 13.0. The molecule has 1 fully saturated rings. The monoisotopic (exact) mass is 494 g/mol. The molecule has 1 atom stereocenters. The van der Waals surface area contributed by atoms with Gasteiger partial charge in [-0.05, 0) is 24.6 Å². The van der Waals surface area contributed by atoms with Gasteiger partial charge >= 0.3 is 6.03 Å². The maximum absolute atomic E-state index is 13.0. The first-order chi connectivity index (χ1) is 17.0. The minimum absolute atomic E-state index is 0.103. The zero-order valence-electron chi connectivity index (χ0n) is 19.4. The summed E-state index contributed by atoms with van der Waals surface area (Å²) in [5.74, 6) is -0.388. The van der Waals surface area contributed by atoms with Gasteiger partial charge in [0.05, 0.1) is 17.6 Å². The van der Waals surface area contributed by atoms with E-state index in [2.05, 4.69) is 15.7 Å². The van der Waals surface area contributed by atoms with E-state index in [9.17, 15) is 14.4 Å². The Balaban J connectivity index is 1.51. The molecule has 1 aliphatic heterocycles. The summed E-state index contributed by atoms with van der Waals surface area (Å²) in [5.41, 5.74) is 1.61. The summed E-state index contributed by atoms with van der Waals surface area (Å²) in [6.07, 6.45) is 1.60. The Kier molecular flexibility index (Phi) is 7.79. The van der Waals surface area contributed by atoms with Crippen molar-refractivity contribution >= 4 is 29.2 Å². The van der Waals surface area contributed by atoms with Crippen LogP contribution in [0.1, 0.15) is 18.5 Å². The number of piperazine rings is 1. The van der Waals surface area contributed by atoms with Gasteiger partial charge in [0.25, 0.3) is 5.56 Å². The molecule has 1 aliphatic rings. The summed E-state index contributed by atoms with van der Waals surface area (Å²) >= 11 is 6.48. The number of amides is 3. The summed E-state index contributed by atoms with van der Waals surface area (Å²) in [4.78, 5) is 41.9. The van der Waals surface area contributed by atoms with Gasteiger partial charge in [-0.15, -0.1) is 0 Å². The Morgan fingerprint density at radius 1 is 1.00 bits per heavy atom. The molecule has 0 spiro atoms. The lowest BCUT2D eigenvalue weighted by Gasteiger charge is -2.39. The number of nitrogens with zero attached hydrogens (tertiary/aromatic N) is 4. The molecule has 2 aromatic carbocycles. The van der Waals surface area contributed by atoms with Crippen LogP contribution in [0, 0.1) is 0 Å². The van der Waals surface area contributed by atoms with Gasteiger partial charge in [0.15, 0.2) is 0 Å². The number of nitrogens with one attached hydrogen (secondary N) is 2. The molecule has 0 saturated carbocycles. The maximum Gasteiger partial charge on any atom is 0.321 e. The number of carbonyl (C=O) groups is 2. The van der Waals surface area contributed by atoms with Crippen molar-refractivity contribution in [3.8, 4) is 5.69 Å². The third kappa shape index (κ3) is 5.52. The van der Waals surface area contributed by atoms with Gasteiger partial charge in [-0.1, -0.05) is 60.1 Å². The molecule has 2 heterocycles. The minimum Gasteiger partial charge on any atom is -0.366 e. The van der Waals surface area contributed by atoms with Crippen LogP contribution >= 0.6 is 11.6 Å². The molecule has 35 heavy (non-hydrogen) atoms. The van der Waals surface area contributed by atoms with Crippen molar-refractivity contribution in [3.63, 3.8) is 0 Å². The summed E-state index contributed by atoms with van der Waals surface area (Å²) in [6, 6.07) is 17.3. The third-order valence-corrected chi connectivity index (χ3v) is 6.21. The second-order valence-electron chi connectivity index (χ2n) is 8.08. The van der Waals surface area contributed by atoms with Gasteiger partial charge in [-0.3, -0.25) is 19.8 Å². The Morgan fingerprint density at radius 3 is 2.26 bits per heavy atom. The van der Waals surface area contributed by atoms with Crippen LogP contribution in [-0.2, 0) is 4.79 Å². The second-order valence-corrected chi connectivity index (χ2v) is 8.46. The van der Waals surface area contributed by atoms with Gasteiger partial charge in [-0.2, -0.15) is 9.78 Å². The second kappa shape index (κ2) is 11.2. The van der Waals surface area contributed by atoms with Crippen molar-refractivity contribution in [3.05, 3.63) is 87.8 Å². The fourth-order valence-corrected chi connectivity index (χ4v) is 4.42. The number of aromatic nitrogens is 2. The molecule has 0 radical (unpaired) electrons. The lowest BCUT2D eigenvalue weighted by atomic mass is 10.0. The highest BCUT2D eigenvalue weighted by atomic mass is 35.5. The molecular formula is C25H27ClN6O3. The number of hydrogen-bond donors (Lipinski definition) is 2. The number of para-hydroxylation sites is 1. The highest BCUT2D eigenvalue weighted by molar-refractivity contribution is 6.33. The first kappa shape index (κ1) is 24.4. The lowest BCUT2D eigenvalue weighted by molar-refractivity contribution is -0.125. The van der Waals surface area contributed by atoms with Crippen molar-refractivity contribution in [1.29, 1.82) is 0 Å². The average Bonchev–Trinajstić information content (AvgIpc) is 2.88. The van der Waals surface area contributed by atoms with Gasteiger partial charge in [0, 0.05) is 32.7 Å². The smallest absolute Gasteiger partial charge is 0.321 e. The van der Waals surface area contributed by atoms with Crippen LogP contribution in [0.2, 0.25) is 5.02 Å². The molecule has 0 aliphatic carbocycles. The highest BCUT2D eigenvalue weighted by Gasteiger charge is 2.32. The van der Waals surface area contributed by atoms with Crippen LogP contribution in [0.15, 0.2) is 71.7 Å². The van der Waals surface area contributed by atoms with Crippen molar-refractivity contribution in [2.24, 2.45) is 0 Å². The fraction of sp³-hybridized carbons (Fsp3) is 0.280. The van der Waals surface area contributed by atoms with Crippen molar-refractivity contribution in [2.75, 3.05) is 37.6 Å². The Bertz CT molecular complexity index is 1230. The number of hydrogen-bond acceptors (Lipinski definition) is 6. The predicted molar refractivity (Wildman–Crippen MR) is 135 cm³/mol. The van der Waals surface area contributed by atoms with Crippen LogP contribution in [0.25, 0.3) is 5.69 Å². The van der Waals surface area contributed by atoms with Crippen molar-refractivity contribution in [1.82, 2.24) is 25.3 Å². The number of anilines is 1. The SMILES string of the molecule is CCNC(=O)NC(=O)C(c1ccccc1)N1CCN(c2cnn(-c3ccccc3)c(=O)c2Cl)CC1. The molecule has 1 unspecified atom stereocenters. The molecule has 1 saturated heterocycles. The third-order valence-electron chi connectivity index (χ3n) is 5.86. The largest absolute Gasteiger partial charge is 0.366 e. The number of carbonyl (C=O) groups excluding carboxylic acids is 2. The van der Waals surface area contributed by atoms with Gasteiger partial charge < -0.3 is 10.2 Å². The first-order valence-electron chi connectivity index (χ1n) is 11.5. The minimum atomic E-state index is -0.624. The zero-order valence-corrected chi connectivity index (χ0v) is 20.1. The number of benzene rings is 2.